The first-order valence-corrected chi connectivity index (χ1v) is 3.14. The first-order chi connectivity index (χ1) is 3.93. The van der Waals surface area contributed by atoms with Crippen LogP contribution in [0.2, 0.25) is 0 Å². The van der Waals surface area contributed by atoms with Gasteiger partial charge in [0.1, 0.15) is 5.76 Å². The van der Waals surface area contributed by atoms with Crippen LogP contribution in [-0.4, -0.2) is 0 Å². The lowest BCUT2D eigenvalue weighted by Crippen LogP contribution is -1.81. The predicted molar refractivity (Wildman–Crippen MR) is 37.3 cm³/mol. The summed E-state index contributed by atoms with van der Waals surface area (Å²) in [6.45, 7) is 0. The largest absolute Gasteiger partial charge is 0.481 e. The van der Waals surface area contributed by atoms with Crippen LogP contribution in [0.15, 0.2) is 24.0 Å². The summed E-state index contributed by atoms with van der Waals surface area (Å²) >= 11 is 0. The lowest BCUT2D eigenvalue weighted by molar-refractivity contribution is 0.513. The highest BCUT2D eigenvalue weighted by atomic mass is 31.0. The summed E-state index contributed by atoms with van der Waals surface area (Å²) in [5.41, 5.74) is 0. The maximum atomic E-state index is 4.88. The Morgan fingerprint density at radius 2 is 2.38 bits per heavy atom. The monoisotopic (exact) mass is 128 g/mol. The van der Waals surface area contributed by atoms with Crippen LogP contribution in [0.4, 0.5) is 0 Å². The van der Waals surface area contributed by atoms with E-state index in [2.05, 4.69) is 21.6 Å². The molecule has 0 spiro atoms. The molecule has 44 valence electrons. The predicted octanol–water partition coefficient (Wildman–Crippen LogP) is 2.03. The summed E-state index contributed by atoms with van der Waals surface area (Å²) in [6, 6.07) is 0. The van der Waals surface area contributed by atoms with E-state index in [1.807, 2.05) is 6.08 Å². The van der Waals surface area contributed by atoms with Crippen LogP contribution < -0.4 is 0 Å². The van der Waals surface area contributed by atoms with E-state index in [0.29, 0.717) is 0 Å². The van der Waals surface area contributed by atoms with Gasteiger partial charge >= 0.3 is 0 Å². The zero-order chi connectivity index (χ0) is 5.82. The Balaban J connectivity index is 2.51. The Kier molecular flexibility index (Phi) is 2.11. The second kappa shape index (κ2) is 2.88. The van der Waals surface area contributed by atoms with Crippen molar-refractivity contribution >= 4 is 9.47 Å². The summed E-state index contributed by atoms with van der Waals surface area (Å²) in [7, 11) is 2.23. The molecule has 2 heteroatoms. The van der Waals surface area contributed by atoms with Gasteiger partial charge < -0.3 is 4.52 Å². The molecule has 0 aromatic carbocycles. The third-order valence-electron chi connectivity index (χ3n) is 1.10. The standard InChI is InChI=1S/C6H9OP/c8-7-6-4-2-1-3-5-6/h2,4-5H,1,3,8H2. The summed E-state index contributed by atoms with van der Waals surface area (Å²) in [5.74, 6) is 0.959. The molecule has 1 aliphatic carbocycles. The van der Waals surface area contributed by atoms with Crippen molar-refractivity contribution in [1.29, 1.82) is 0 Å². The van der Waals surface area contributed by atoms with Gasteiger partial charge in [-0.1, -0.05) is 6.08 Å². The number of hydrogen-bond donors (Lipinski definition) is 0. The molecule has 0 saturated heterocycles. The Hall–Kier alpha value is -0.290. The second-order valence-corrected chi connectivity index (χ2v) is 1.94. The highest BCUT2D eigenvalue weighted by molar-refractivity contribution is 7.10. The maximum Gasteiger partial charge on any atom is 0.118 e. The van der Waals surface area contributed by atoms with Crippen LogP contribution in [0.25, 0.3) is 0 Å². The van der Waals surface area contributed by atoms with Gasteiger partial charge in [0.05, 0.1) is 9.47 Å². The topological polar surface area (TPSA) is 9.23 Å². The fourth-order valence-corrected chi connectivity index (χ4v) is 0.852. The van der Waals surface area contributed by atoms with Crippen molar-refractivity contribution in [3.8, 4) is 0 Å². The van der Waals surface area contributed by atoms with E-state index >= 15 is 0 Å². The smallest absolute Gasteiger partial charge is 0.118 e. The molecule has 8 heavy (non-hydrogen) atoms. The molecule has 1 atom stereocenters. The van der Waals surface area contributed by atoms with Gasteiger partial charge in [-0.05, 0) is 25.0 Å². The SMILES string of the molecule is POC1=CCCC=C1. The zero-order valence-electron chi connectivity index (χ0n) is 4.63. The molecule has 1 nitrogen and oxygen atoms in total. The molecule has 0 N–H and O–H groups in total. The fraction of sp³-hybridized carbons (Fsp3) is 0.333. The maximum absolute atomic E-state index is 4.88. The normalized spacial score (nSPS) is 17.9. The minimum atomic E-state index is 0.959. The second-order valence-electron chi connectivity index (χ2n) is 1.70. The van der Waals surface area contributed by atoms with E-state index in [0.717, 1.165) is 18.6 Å². The average molecular weight is 128 g/mol. The first kappa shape index (κ1) is 5.84. The average Bonchev–Trinajstić information content (AvgIpc) is 1.90. The summed E-state index contributed by atoms with van der Waals surface area (Å²) in [4.78, 5) is 0. The van der Waals surface area contributed by atoms with Crippen LogP contribution in [0.3, 0.4) is 0 Å². The molecule has 0 fully saturated rings. The van der Waals surface area contributed by atoms with E-state index in [1.165, 1.54) is 0 Å². The van der Waals surface area contributed by atoms with Gasteiger partial charge in [0, 0.05) is 0 Å². The third-order valence-corrected chi connectivity index (χ3v) is 1.37. The van der Waals surface area contributed by atoms with Crippen molar-refractivity contribution < 1.29 is 4.52 Å². The molecule has 0 aromatic rings. The highest BCUT2D eigenvalue weighted by Crippen LogP contribution is 2.12. The number of allylic oxidation sites excluding steroid dienone is 3. The van der Waals surface area contributed by atoms with Crippen LogP contribution in [0.1, 0.15) is 12.8 Å². The van der Waals surface area contributed by atoms with Crippen molar-refractivity contribution in [2.45, 2.75) is 12.8 Å². The fourth-order valence-electron chi connectivity index (χ4n) is 0.677. The Bertz CT molecular complexity index is 126. The lowest BCUT2D eigenvalue weighted by Gasteiger charge is -2.02. The molecule has 0 aromatic heterocycles. The van der Waals surface area contributed by atoms with Gasteiger partial charge in [-0.15, -0.1) is 0 Å². The van der Waals surface area contributed by atoms with Crippen LogP contribution >= 0.6 is 9.47 Å². The van der Waals surface area contributed by atoms with E-state index in [4.69, 9.17) is 4.52 Å². The molecule has 1 rings (SSSR count). The van der Waals surface area contributed by atoms with Gasteiger partial charge in [0.25, 0.3) is 0 Å². The van der Waals surface area contributed by atoms with Crippen LogP contribution in [-0.2, 0) is 4.52 Å². The van der Waals surface area contributed by atoms with E-state index in [-0.39, 0.29) is 0 Å². The van der Waals surface area contributed by atoms with E-state index < -0.39 is 0 Å². The van der Waals surface area contributed by atoms with Gasteiger partial charge in [0.2, 0.25) is 0 Å². The Labute approximate surface area is 51.7 Å². The van der Waals surface area contributed by atoms with Crippen LogP contribution in [0.5, 0.6) is 0 Å². The third kappa shape index (κ3) is 1.34. The molecule has 1 unspecified atom stereocenters. The number of hydrogen-bond acceptors (Lipinski definition) is 1. The van der Waals surface area contributed by atoms with Crippen molar-refractivity contribution in [3.05, 3.63) is 24.0 Å². The molecule has 1 aliphatic rings. The van der Waals surface area contributed by atoms with Gasteiger partial charge in [-0.25, -0.2) is 0 Å². The van der Waals surface area contributed by atoms with Crippen molar-refractivity contribution in [2.75, 3.05) is 0 Å². The lowest BCUT2D eigenvalue weighted by atomic mass is 10.2. The van der Waals surface area contributed by atoms with Crippen molar-refractivity contribution in [3.63, 3.8) is 0 Å². The molecule has 0 bridgehead atoms. The molecule has 0 saturated carbocycles. The Morgan fingerprint density at radius 3 is 2.75 bits per heavy atom. The quantitative estimate of drug-likeness (QED) is 0.491. The molecule has 0 aliphatic heterocycles. The molecular formula is C6H9OP. The molecule has 0 radical (unpaired) electrons. The van der Waals surface area contributed by atoms with E-state index in [9.17, 15) is 0 Å². The zero-order valence-corrected chi connectivity index (χ0v) is 5.79. The molecular weight excluding hydrogens is 119 g/mol. The summed E-state index contributed by atoms with van der Waals surface area (Å²) < 4.78 is 4.88. The van der Waals surface area contributed by atoms with Crippen LogP contribution in [0, 0.1) is 0 Å². The summed E-state index contributed by atoms with van der Waals surface area (Å²) in [5, 5.41) is 0. The minimum absolute atomic E-state index is 0.959. The van der Waals surface area contributed by atoms with Gasteiger partial charge in [-0.3, -0.25) is 0 Å². The minimum Gasteiger partial charge on any atom is -0.481 e. The van der Waals surface area contributed by atoms with E-state index in [1.54, 1.807) is 0 Å². The van der Waals surface area contributed by atoms with Gasteiger partial charge in [-0.2, -0.15) is 0 Å². The Morgan fingerprint density at radius 1 is 1.50 bits per heavy atom. The molecule has 0 amide bonds. The first-order valence-electron chi connectivity index (χ1n) is 2.67. The number of rotatable bonds is 1. The van der Waals surface area contributed by atoms with Crippen molar-refractivity contribution in [1.82, 2.24) is 0 Å². The summed E-state index contributed by atoms with van der Waals surface area (Å²) in [6.07, 6.45) is 8.43. The molecule has 0 heterocycles. The van der Waals surface area contributed by atoms with Crippen molar-refractivity contribution in [2.24, 2.45) is 0 Å². The van der Waals surface area contributed by atoms with Gasteiger partial charge in [0.15, 0.2) is 0 Å². The highest BCUT2D eigenvalue weighted by Gasteiger charge is 1.92.